The van der Waals surface area contributed by atoms with E-state index in [0.29, 0.717) is 5.92 Å². The third kappa shape index (κ3) is 2.34. The first-order chi connectivity index (χ1) is 9.60. The van der Waals surface area contributed by atoms with E-state index in [1.165, 1.54) is 16.3 Å². The van der Waals surface area contributed by atoms with Gasteiger partial charge in [-0.05, 0) is 29.2 Å². The highest BCUT2D eigenvalue weighted by Crippen LogP contribution is 2.34. The summed E-state index contributed by atoms with van der Waals surface area (Å²) in [6.07, 6.45) is 0.127. The summed E-state index contributed by atoms with van der Waals surface area (Å²) in [6, 6.07) is 15.0. The molecule has 1 aliphatic rings. The Bertz CT molecular complexity index is 602. The van der Waals surface area contributed by atoms with Crippen molar-refractivity contribution in [3.8, 4) is 0 Å². The number of hydrogen-bond acceptors (Lipinski definition) is 2. The van der Waals surface area contributed by atoms with E-state index in [4.69, 9.17) is 4.74 Å². The van der Waals surface area contributed by atoms with Crippen molar-refractivity contribution >= 4 is 10.8 Å². The second kappa shape index (κ2) is 5.19. The van der Waals surface area contributed by atoms with Gasteiger partial charge in [0.1, 0.15) is 0 Å². The van der Waals surface area contributed by atoms with E-state index < -0.39 is 0 Å². The molecule has 0 aromatic heterocycles. The van der Waals surface area contributed by atoms with Gasteiger partial charge in [-0.2, -0.15) is 0 Å². The molecule has 1 heterocycles. The largest absolute Gasteiger partial charge is 0.364 e. The first-order valence-electron chi connectivity index (χ1n) is 7.46. The van der Waals surface area contributed by atoms with E-state index in [-0.39, 0.29) is 11.7 Å². The zero-order valence-electron chi connectivity index (χ0n) is 12.5. The molecule has 2 aromatic carbocycles. The maximum Gasteiger partial charge on any atom is 0.0963 e. The molecule has 0 saturated carbocycles. The summed E-state index contributed by atoms with van der Waals surface area (Å²) < 4.78 is 6.47. The molecule has 20 heavy (non-hydrogen) atoms. The monoisotopic (exact) mass is 269 g/mol. The SMILES string of the molecule is CC(C)C1(C)CNCC(c2cccc3ccccc23)O1. The molecule has 2 nitrogen and oxygen atoms in total. The summed E-state index contributed by atoms with van der Waals surface area (Å²) in [6.45, 7) is 8.48. The maximum absolute atomic E-state index is 6.47. The lowest BCUT2D eigenvalue weighted by Crippen LogP contribution is -2.52. The van der Waals surface area contributed by atoms with Crippen LogP contribution in [-0.4, -0.2) is 18.7 Å². The van der Waals surface area contributed by atoms with Crippen LogP contribution in [0.5, 0.6) is 0 Å². The van der Waals surface area contributed by atoms with Crippen molar-refractivity contribution in [3.63, 3.8) is 0 Å². The smallest absolute Gasteiger partial charge is 0.0963 e. The summed E-state index contributed by atoms with van der Waals surface area (Å²) in [7, 11) is 0. The van der Waals surface area contributed by atoms with Gasteiger partial charge in [0.15, 0.2) is 0 Å². The van der Waals surface area contributed by atoms with E-state index in [0.717, 1.165) is 13.1 Å². The van der Waals surface area contributed by atoms with Gasteiger partial charge < -0.3 is 10.1 Å². The average Bonchev–Trinajstić information content (AvgIpc) is 2.46. The lowest BCUT2D eigenvalue weighted by atomic mass is 9.89. The minimum absolute atomic E-state index is 0.0974. The van der Waals surface area contributed by atoms with Crippen molar-refractivity contribution < 1.29 is 4.74 Å². The van der Waals surface area contributed by atoms with E-state index in [2.05, 4.69) is 68.6 Å². The van der Waals surface area contributed by atoms with E-state index >= 15 is 0 Å². The summed E-state index contributed by atoms with van der Waals surface area (Å²) in [5, 5.41) is 6.13. The van der Waals surface area contributed by atoms with Gasteiger partial charge in [-0.1, -0.05) is 56.3 Å². The van der Waals surface area contributed by atoms with Gasteiger partial charge in [-0.3, -0.25) is 0 Å². The minimum atomic E-state index is -0.0974. The highest BCUT2D eigenvalue weighted by molar-refractivity contribution is 5.86. The molecule has 1 saturated heterocycles. The van der Waals surface area contributed by atoms with Crippen molar-refractivity contribution in [2.24, 2.45) is 5.92 Å². The second-order valence-electron chi connectivity index (χ2n) is 6.27. The molecule has 2 aromatic rings. The number of rotatable bonds is 2. The van der Waals surface area contributed by atoms with Gasteiger partial charge in [0.05, 0.1) is 11.7 Å². The molecule has 0 bridgehead atoms. The number of ether oxygens (including phenoxy) is 1. The topological polar surface area (TPSA) is 21.3 Å². The highest BCUT2D eigenvalue weighted by atomic mass is 16.5. The Morgan fingerprint density at radius 1 is 1.15 bits per heavy atom. The number of nitrogens with one attached hydrogen (secondary N) is 1. The molecule has 1 fully saturated rings. The molecule has 1 aliphatic heterocycles. The van der Waals surface area contributed by atoms with Crippen LogP contribution in [0, 0.1) is 5.92 Å². The van der Waals surface area contributed by atoms with Crippen LogP contribution in [0.1, 0.15) is 32.4 Å². The van der Waals surface area contributed by atoms with Crippen LogP contribution in [0.4, 0.5) is 0 Å². The molecule has 106 valence electrons. The Balaban J connectivity index is 1.99. The number of morpholine rings is 1. The second-order valence-corrected chi connectivity index (χ2v) is 6.27. The van der Waals surface area contributed by atoms with Crippen LogP contribution in [0.25, 0.3) is 10.8 Å². The van der Waals surface area contributed by atoms with Crippen molar-refractivity contribution in [1.29, 1.82) is 0 Å². The molecule has 0 amide bonds. The quantitative estimate of drug-likeness (QED) is 0.892. The van der Waals surface area contributed by atoms with Gasteiger partial charge >= 0.3 is 0 Å². The zero-order valence-corrected chi connectivity index (χ0v) is 12.5. The highest BCUT2D eigenvalue weighted by Gasteiger charge is 2.36. The minimum Gasteiger partial charge on any atom is -0.364 e. The van der Waals surface area contributed by atoms with Gasteiger partial charge in [0.25, 0.3) is 0 Å². The normalized spacial score (nSPS) is 27.1. The zero-order chi connectivity index (χ0) is 14.2. The lowest BCUT2D eigenvalue weighted by Gasteiger charge is -2.42. The van der Waals surface area contributed by atoms with Crippen molar-refractivity contribution in [3.05, 3.63) is 48.0 Å². The Labute approximate surface area is 121 Å². The molecule has 2 heteroatoms. The summed E-state index contributed by atoms with van der Waals surface area (Å²) in [5.41, 5.74) is 1.20. The molecule has 0 radical (unpaired) electrons. The standard InChI is InChI=1S/C18H23NO/c1-13(2)18(3)12-19-11-17(20-18)16-10-6-8-14-7-4-5-9-15(14)16/h4-10,13,17,19H,11-12H2,1-3H3. The fourth-order valence-electron chi connectivity index (χ4n) is 2.90. The molecule has 1 N–H and O–H groups in total. The maximum atomic E-state index is 6.47. The number of hydrogen-bond donors (Lipinski definition) is 1. The van der Waals surface area contributed by atoms with E-state index in [1.54, 1.807) is 0 Å². The predicted octanol–water partition coefficient (Wildman–Crippen LogP) is 3.92. The van der Waals surface area contributed by atoms with Crippen LogP contribution in [0.15, 0.2) is 42.5 Å². The van der Waals surface area contributed by atoms with E-state index in [1.807, 2.05) is 0 Å². The van der Waals surface area contributed by atoms with Crippen molar-refractivity contribution in [2.45, 2.75) is 32.5 Å². The molecule has 0 aliphatic carbocycles. The molecular weight excluding hydrogens is 246 g/mol. The molecule has 3 rings (SSSR count). The van der Waals surface area contributed by atoms with Crippen molar-refractivity contribution in [2.75, 3.05) is 13.1 Å². The summed E-state index contributed by atoms with van der Waals surface area (Å²) in [4.78, 5) is 0. The fourth-order valence-corrected chi connectivity index (χ4v) is 2.90. The fraction of sp³-hybridized carbons (Fsp3) is 0.444. The van der Waals surface area contributed by atoms with Crippen LogP contribution >= 0.6 is 0 Å². The van der Waals surface area contributed by atoms with E-state index in [9.17, 15) is 0 Å². The van der Waals surface area contributed by atoms with Gasteiger partial charge in [-0.15, -0.1) is 0 Å². The third-order valence-electron chi connectivity index (χ3n) is 4.61. The van der Waals surface area contributed by atoms with Crippen LogP contribution in [0.3, 0.4) is 0 Å². The summed E-state index contributed by atoms with van der Waals surface area (Å²) in [5.74, 6) is 0.493. The first-order valence-corrected chi connectivity index (χ1v) is 7.46. The number of benzene rings is 2. The molecule has 2 atom stereocenters. The Morgan fingerprint density at radius 3 is 2.70 bits per heavy atom. The number of fused-ring (bicyclic) bond motifs is 1. The predicted molar refractivity (Wildman–Crippen MR) is 83.9 cm³/mol. The van der Waals surface area contributed by atoms with Crippen LogP contribution in [0.2, 0.25) is 0 Å². The third-order valence-corrected chi connectivity index (χ3v) is 4.61. The van der Waals surface area contributed by atoms with Crippen molar-refractivity contribution in [1.82, 2.24) is 5.32 Å². The first kappa shape index (κ1) is 13.6. The Morgan fingerprint density at radius 2 is 1.90 bits per heavy atom. The lowest BCUT2D eigenvalue weighted by molar-refractivity contribution is -0.131. The van der Waals surface area contributed by atoms with Gasteiger partial charge in [0.2, 0.25) is 0 Å². The molecule has 2 unspecified atom stereocenters. The molecule has 0 spiro atoms. The van der Waals surface area contributed by atoms with Gasteiger partial charge in [-0.25, -0.2) is 0 Å². The Hall–Kier alpha value is -1.38. The average molecular weight is 269 g/mol. The van der Waals surface area contributed by atoms with Gasteiger partial charge in [0, 0.05) is 13.1 Å². The van der Waals surface area contributed by atoms with Crippen LogP contribution < -0.4 is 5.32 Å². The van der Waals surface area contributed by atoms with Crippen LogP contribution in [-0.2, 0) is 4.74 Å². The summed E-state index contributed by atoms with van der Waals surface area (Å²) >= 11 is 0. The Kier molecular flexibility index (Phi) is 3.53. The molecular formula is C18H23NO.